The number of nitrogens with zero attached hydrogens (tertiary/aromatic N) is 3. The van der Waals surface area contributed by atoms with E-state index < -0.39 is 0 Å². The molecule has 0 aromatic rings. The molecule has 3 aliphatic rings. The van der Waals surface area contributed by atoms with Crippen molar-refractivity contribution in [1.29, 1.82) is 0 Å². The fraction of sp³-hybridized carbons (Fsp3) is 0.895. The zero-order valence-electron chi connectivity index (χ0n) is 16.7. The molecule has 0 bridgehead atoms. The molecular weight excluding hydrogens is 348 g/mol. The quantitative estimate of drug-likeness (QED) is 0.550. The van der Waals surface area contributed by atoms with Gasteiger partial charge in [-0.2, -0.15) is 0 Å². The summed E-state index contributed by atoms with van der Waals surface area (Å²) in [6.07, 6.45) is 3.35. The van der Waals surface area contributed by atoms with Crippen molar-refractivity contribution in [3.8, 4) is 0 Å². The molecule has 1 amide bonds. The first-order valence-electron chi connectivity index (χ1n) is 10.2. The van der Waals surface area contributed by atoms with Gasteiger partial charge in [0.1, 0.15) is 6.10 Å². The molecule has 8 nitrogen and oxygen atoms in total. The van der Waals surface area contributed by atoms with E-state index in [2.05, 4.69) is 17.1 Å². The normalized spacial score (nSPS) is 26.3. The second kappa shape index (κ2) is 9.71. The Labute approximate surface area is 162 Å². The van der Waals surface area contributed by atoms with Crippen molar-refractivity contribution < 1.29 is 19.0 Å². The van der Waals surface area contributed by atoms with Crippen LogP contribution in [0.15, 0.2) is 4.99 Å². The van der Waals surface area contributed by atoms with Gasteiger partial charge < -0.3 is 29.3 Å². The van der Waals surface area contributed by atoms with Gasteiger partial charge in [-0.3, -0.25) is 9.79 Å². The standard InChI is InChI=1S/C19H34N4O4/c1-3-20-18(21-15-19(25-2)6-13-26-14-7-19)23-10-8-22(9-11-23)17(24)16-5-4-12-27-16/h16H,3-15H2,1-2H3,(H,20,21). The van der Waals surface area contributed by atoms with Crippen molar-refractivity contribution in [2.24, 2.45) is 4.99 Å². The van der Waals surface area contributed by atoms with Crippen molar-refractivity contribution in [3.05, 3.63) is 0 Å². The minimum atomic E-state index is -0.228. The fourth-order valence-electron chi connectivity index (χ4n) is 3.93. The van der Waals surface area contributed by atoms with Crippen LogP contribution in [0.3, 0.4) is 0 Å². The zero-order chi connectivity index (χ0) is 19.1. The van der Waals surface area contributed by atoms with E-state index in [-0.39, 0.29) is 17.6 Å². The van der Waals surface area contributed by atoms with Gasteiger partial charge >= 0.3 is 0 Å². The van der Waals surface area contributed by atoms with Gasteiger partial charge in [-0.15, -0.1) is 0 Å². The average Bonchev–Trinajstić information content (AvgIpc) is 3.26. The minimum absolute atomic E-state index is 0.148. The molecule has 1 atom stereocenters. The third kappa shape index (κ3) is 5.12. The van der Waals surface area contributed by atoms with Crippen molar-refractivity contribution in [2.45, 2.75) is 44.3 Å². The third-order valence-electron chi connectivity index (χ3n) is 5.78. The van der Waals surface area contributed by atoms with Crippen LogP contribution in [-0.2, 0) is 19.0 Å². The van der Waals surface area contributed by atoms with Crippen molar-refractivity contribution in [2.75, 3.05) is 66.2 Å². The summed E-state index contributed by atoms with van der Waals surface area (Å²) in [5.74, 6) is 1.05. The highest BCUT2D eigenvalue weighted by atomic mass is 16.5. The highest BCUT2D eigenvalue weighted by Crippen LogP contribution is 2.25. The fourth-order valence-corrected chi connectivity index (χ4v) is 3.93. The Hall–Kier alpha value is -1.38. The molecule has 3 heterocycles. The summed E-state index contributed by atoms with van der Waals surface area (Å²) in [5, 5.41) is 3.39. The SMILES string of the molecule is CCNC(=NCC1(OC)CCOCC1)N1CCN(C(=O)C2CCCO2)CC1. The van der Waals surface area contributed by atoms with Crippen LogP contribution in [0.25, 0.3) is 0 Å². The Morgan fingerprint density at radius 3 is 2.48 bits per heavy atom. The lowest BCUT2D eigenvalue weighted by molar-refractivity contribution is -0.142. The van der Waals surface area contributed by atoms with Gasteiger partial charge in [0.15, 0.2) is 5.96 Å². The summed E-state index contributed by atoms with van der Waals surface area (Å²) in [5.41, 5.74) is -0.226. The number of methoxy groups -OCH3 is 1. The van der Waals surface area contributed by atoms with Gasteiger partial charge in [0.25, 0.3) is 5.91 Å². The number of piperazine rings is 1. The molecule has 0 aromatic carbocycles. The number of hydrogen-bond donors (Lipinski definition) is 1. The number of guanidine groups is 1. The molecule has 8 heteroatoms. The number of aliphatic imine (C=N–C) groups is 1. The second-order valence-electron chi connectivity index (χ2n) is 7.48. The van der Waals surface area contributed by atoms with Crippen LogP contribution in [0.5, 0.6) is 0 Å². The molecule has 0 spiro atoms. The first-order chi connectivity index (χ1) is 13.2. The molecule has 3 aliphatic heterocycles. The molecule has 27 heavy (non-hydrogen) atoms. The first kappa shape index (κ1) is 20.4. The number of amides is 1. The van der Waals surface area contributed by atoms with E-state index in [1.807, 2.05) is 4.90 Å². The van der Waals surface area contributed by atoms with Crippen molar-refractivity contribution in [3.63, 3.8) is 0 Å². The third-order valence-corrected chi connectivity index (χ3v) is 5.78. The smallest absolute Gasteiger partial charge is 0.251 e. The lowest BCUT2D eigenvalue weighted by atomic mass is 9.94. The molecule has 0 aromatic heterocycles. The molecule has 0 aliphatic carbocycles. The average molecular weight is 383 g/mol. The van der Waals surface area contributed by atoms with E-state index in [9.17, 15) is 4.79 Å². The van der Waals surface area contributed by atoms with Crippen LogP contribution in [0.4, 0.5) is 0 Å². The first-order valence-corrected chi connectivity index (χ1v) is 10.2. The van der Waals surface area contributed by atoms with Crippen LogP contribution in [-0.4, -0.2) is 99.6 Å². The van der Waals surface area contributed by atoms with Gasteiger partial charge in [-0.1, -0.05) is 0 Å². The molecule has 3 rings (SSSR count). The van der Waals surface area contributed by atoms with E-state index >= 15 is 0 Å². The number of rotatable bonds is 5. The summed E-state index contributed by atoms with van der Waals surface area (Å²) in [6.45, 7) is 8.68. The number of carbonyl (C=O) groups is 1. The zero-order valence-corrected chi connectivity index (χ0v) is 16.7. The molecule has 1 unspecified atom stereocenters. The monoisotopic (exact) mass is 382 g/mol. The van der Waals surface area contributed by atoms with Crippen molar-refractivity contribution >= 4 is 11.9 Å². The number of hydrogen-bond acceptors (Lipinski definition) is 5. The van der Waals surface area contributed by atoms with Crippen LogP contribution < -0.4 is 5.32 Å². The van der Waals surface area contributed by atoms with Crippen LogP contribution in [0.2, 0.25) is 0 Å². The van der Waals surface area contributed by atoms with Gasteiger partial charge in [0.05, 0.1) is 12.1 Å². The highest BCUT2D eigenvalue weighted by molar-refractivity contribution is 5.82. The summed E-state index contributed by atoms with van der Waals surface area (Å²) < 4.78 is 16.8. The number of carbonyl (C=O) groups excluding carboxylic acids is 1. The van der Waals surface area contributed by atoms with E-state index in [1.54, 1.807) is 7.11 Å². The molecule has 0 saturated carbocycles. The molecule has 3 fully saturated rings. The lowest BCUT2D eigenvalue weighted by Crippen LogP contribution is -2.55. The maximum Gasteiger partial charge on any atom is 0.251 e. The largest absolute Gasteiger partial charge is 0.381 e. The van der Waals surface area contributed by atoms with Crippen LogP contribution in [0, 0.1) is 0 Å². The molecule has 0 radical (unpaired) electrons. The predicted molar refractivity (Wildman–Crippen MR) is 103 cm³/mol. The Morgan fingerprint density at radius 1 is 1.19 bits per heavy atom. The maximum absolute atomic E-state index is 12.5. The molecule has 154 valence electrons. The highest BCUT2D eigenvalue weighted by Gasteiger charge is 2.34. The number of ether oxygens (including phenoxy) is 3. The Kier molecular flexibility index (Phi) is 7.32. The van der Waals surface area contributed by atoms with E-state index in [1.165, 1.54) is 0 Å². The summed E-state index contributed by atoms with van der Waals surface area (Å²) in [6, 6.07) is 0. The van der Waals surface area contributed by atoms with E-state index in [4.69, 9.17) is 19.2 Å². The molecule has 1 N–H and O–H groups in total. The Morgan fingerprint density at radius 2 is 1.89 bits per heavy atom. The van der Waals surface area contributed by atoms with E-state index in [0.29, 0.717) is 26.2 Å². The van der Waals surface area contributed by atoms with Gasteiger partial charge in [-0.05, 0) is 19.8 Å². The maximum atomic E-state index is 12.5. The molecular formula is C19H34N4O4. The van der Waals surface area contributed by atoms with Gasteiger partial charge in [0, 0.05) is 72.5 Å². The van der Waals surface area contributed by atoms with Gasteiger partial charge in [0.2, 0.25) is 0 Å². The van der Waals surface area contributed by atoms with Crippen LogP contribution >= 0.6 is 0 Å². The molecule has 3 saturated heterocycles. The predicted octanol–water partition coefficient (Wildman–Crippen LogP) is 0.471. The Bertz CT molecular complexity index is 508. The summed E-state index contributed by atoms with van der Waals surface area (Å²) >= 11 is 0. The van der Waals surface area contributed by atoms with Gasteiger partial charge in [-0.25, -0.2) is 0 Å². The summed E-state index contributed by atoms with van der Waals surface area (Å²) in [4.78, 5) is 21.6. The Balaban J connectivity index is 1.56. The van der Waals surface area contributed by atoms with Crippen molar-refractivity contribution in [1.82, 2.24) is 15.1 Å². The minimum Gasteiger partial charge on any atom is -0.381 e. The lowest BCUT2D eigenvalue weighted by Gasteiger charge is -2.38. The summed E-state index contributed by atoms with van der Waals surface area (Å²) in [7, 11) is 1.77. The second-order valence-corrected chi connectivity index (χ2v) is 7.48. The topological polar surface area (TPSA) is 75.6 Å². The van der Waals surface area contributed by atoms with Crippen LogP contribution in [0.1, 0.15) is 32.6 Å². The number of nitrogens with one attached hydrogen (secondary N) is 1. The van der Waals surface area contributed by atoms with E-state index in [0.717, 1.165) is 64.5 Å².